The smallest absolute Gasteiger partial charge is 0.186 e. The molecule has 0 bridgehead atoms. The number of unbranched alkanes of at least 4 members (excludes halogenated alkanes) is 9. The molecule has 0 amide bonds. The molecular weight excluding hydrogens is 624 g/mol. The van der Waals surface area contributed by atoms with E-state index in [1.165, 1.54) is 51.4 Å². The summed E-state index contributed by atoms with van der Waals surface area (Å²) in [5, 5.41) is 0. The van der Waals surface area contributed by atoms with Crippen LogP contribution < -0.4 is 0 Å². The maximum Gasteiger partial charge on any atom is 0.186 e. The normalized spacial score (nSPS) is 24.7. The zero-order valence-electron chi connectivity index (χ0n) is 29.9. The standard InChI is InChI=1S/C40H62O9/c1-2-3-4-5-6-7-8-9-10-17-22-46-40-39(48-32-35-20-15-12-16-21-35)38(47-31-34-18-13-11-14-19-34)37-36(49-40)33-44-28-27-42-24-23-41-25-26-43-29-30-45-37/h11-16,18-21,36-40H,2-10,17,22-33H2,1H3/t36-,37-,38+,39-,40-/m1/s1. The van der Waals surface area contributed by atoms with Crippen LogP contribution in [0.15, 0.2) is 60.7 Å². The van der Waals surface area contributed by atoms with Gasteiger partial charge in [0.1, 0.15) is 24.4 Å². The summed E-state index contributed by atoms with van der Waals surface area (Å²) < 4.78 is 56.3. The van der Waals surface area contributed by atoms with Crippen LogP contribution in [0.5, 0.6) is 0 Å². The van der Waals surface area contributed by atoms with Crippen LogP contribution in [-0.2, 0) is 55.8 Å². The minimum atomic E-state index is -0.647. The first kappa shape index (κ1) is 39.9. The van der Waals surface area contributed by atoms with Crippen LogP contribution in [0.1, 0.15) is 82.3 Å². The van der Waals surface area contributed by atoms with Crippen molar-refractivity contribution in [1.82, 2.24) is 0 Å². The molecule has 0 aromatic heterocycles. The van der Waals surface area contributed by atoms with Gasteiger partial charge in [-0.25, -0.2) is 0 Å². The summed E-state index contributed by atoms with van der Waals surface area (Å²) in [6, 6.07) is 20.3. The SMILES string of the molecule is CCCCCCCCCCCCO[C@@H]1O[C@@H]2COCCOCCOCCOCCO[C@H]2[C@H](OCc2ccccc2)[C@H]1OCc1ccccc1. The lowest BCUT2D eigenvalue weighted by Gasteiger charge is -2.46. The molecule has 276 valence electrons. The Morgan fingerprint density at radius 3 is 1.59 bits per heavy atom. The number of ether oxygens (including phenoxy) is 9. The van der Waals surface area contributed by atoms with E-state index in [0.29, 0.717) is 79.3 Å². The van der Waals surface area contributed by atoms with Crippen molar-refractivity contribution in [3.05, 3.63) is 71.8 Å². The quantitative estimate of drug-likeness (QED) is 0.150. The van der Waals surface area contributed by atoms with Gasteiger partial charge in [0, 0.05) is 6.61 Å². The fraction of sp³-hybridized carbons (Fsp3) is 0.700. The first-order chi connectivity index (χ1) is 24.3. The summed E-state index contributed by atoms with van der Waals surface area (Å²) in [5.41, 5.74) is 2.14. The Balaban J connectivity index is 1.44. The topological polar surface area (TPSA) is 83.1 Å². The third-order valence-corrected chi connectivity index (χ3v) is 8.88. The monoisotopic (exact) mass is 686 g/mol. The third-order valence-electron chi connectivity index (χ3n) is 8.88. The van der Waals surface area contributed by atoms with Crippen molar-refractivity contribution in [1.29, 1.82) is 0 Å². The van der Waals surface area contributed by atoms with Gasteiger partial charge in [0.15, 0.2) is 6.29 Å². The van der Waals surface area contributed by atoms with Crippen molar-refractivity contribution in [2.24, 2.45) is 0 Å². The van der Waals surface area contributed by atoms with Gasteiger partial charge in [-0.1, -0.05) is 125 Å². The van der Waals surface area contributed by atoms with E-state index in [2.05, 4.69) is 31.2 Å². The van der Waals surface area contributed by atoms with Gasteiger partial charge in [-0.05, 0) is 17.5 Å². The summed E-state index contributed by atoms with van der Waals surface area (Å²) in [4.78, 5) is 0. The molecule has 0 aliphatic carbocycles. The lowest BCUT2D eigenvalue weighted by Crippen LogP contribution is -2.62. The largest absolute Gasteiger partial charge is 0.377 e. The Kier molecular flexibility index (Phi) is 21.1. The Labute approximate surface area is 295 Å². The van der Waals surface area contributed by atoms with Crippen molar-refractivity contribution in [2.75, 3.05) is 66.1 Å². The van der Waals surface area contributed by atoms with E-state index in [4.69, 9.17) is 42.6 Å². The summed E-state index contributed by atoms with van der Waals surface area (Å²) in [6.07, 6.45) is 10.1. The number of fused-ring (bicyclic) bond motifs is 1. The molecule has 0 unspecified atom stereocenters. The maximum atomic E-state index is 6.73. The number of rotatable bonds is 18. The van der Waals surface area contributed by atoms with Gasteiger partial charge in [-0.2, -0.15) is 0 Å². The molecule has 2 aliphatic rings. The molecule has 2 saturated heterocycles. The molecule has 2 aromatic carbocycles. The highest BCUT2D eigenvalue weighted by molar-refractivity contribution is 5.14. The van der Waals surface area contributed by atoms with E-state index in [1.54, 1.807) is 0 Å². The predicted octanol–water partition coefficient (Wildman–Crippen LogP) is 7.28. The lowest BCUT2D eigenvalue weighted by atomic mass is 9.98. The summed E-state index contributed by atoms with van der Waals surface area (Å²) in [6.45, 7) is 7.67. The number of hydrogen-bond donors (Lipinski definition) is 0. The van der Waals surface area contributed by atoms with Crippen LogP contribution in [0.25, 0.3) is 0 Å². The first-order valence-corrected chi connectivity index (χ1v) is 18.9. The molecule has 4 rings (SSSR count). The molecular formula is C40H62O9. The zero-order valence-corrected chi connectivity index (χ0v) is 29.9. The summed E-state index contributed by atoms with van der Waals surface area (Å²) in [7, 11) is 0. The van der Waals surface area contributed by atoms with E-state index in [0.717, 1.165) is 24.0 Å². The van der Waals surface area contributed by atoms with Gasteiger partial charge < -0.3 is 42.6 Å². The van der Waals surface area contributed by atoms with E-state index in [1.807, 2.05) is 36.4 Å². The molecule has 2 fully saturated rings. The predicted molar refractivity (Wildman–Crippen MR) is 190 cm³/mol. The van der Waals surface area contributed by atoms with Crippen molar-refractivity contribution in [2.45, 2.75) is 115 Å². The Hall–Kier alpha value is -1.92. The van der Waals surface area contributed by atoms with Crippen LogP contribution in [0.2, 0.25) is 0 Å². The second-order valence-electron chi connectivity index (χ2n) is 12.9. The summed E-state index contributed by atoms with van der Waals surface area (Å²) in [5.74, 6) is 0. The van der Waals surface area contributed by atoms with Gasteiger partial charge in [0.25, 0.3) is 0 Å². The molecule has 0 N–H and O–H groups in total. The second-order valence-corrected chi connectivity index (χ2v) is 12.9. The number of hydrogen-bond acceptors (Lipinski definition) is 9. The van der Waals surface area contributed by atoms with Crippen molar-refractivity contribution < 1.29 is 42.6 Å². The fourth-order valence-electron chi connectivity index (χ4n) is 6.14. The average molecular weight is 687 g/mol. The van der Waals surface area contributed by atoms with Crippen molar-refractivity contribution >= 4 is 0 Å². The third kappa shape index (κ3) is 16.3. The molecule has 2 aromatic rings. The Bertz CT molecular complexity index is 1040. The highest BCUT2D eigenvalue weighted by atomic mass is 16.7. The fourth-order valence-corrected chi connectivity index (χ4v) is 6.14. The summed E-state index contributed by atoms with van der Waals surface area (Å²) >= 11 is 0. The van der Waals surface area contributed by atoms with E-state index in [9.17, 15) is 0 Å². The van der Waals surface area contributed by atoms with Crippen LogP contribution in [0, 0.1) is 0 Å². The minimum absolute atomic E-state index is 0.306. The van der Waals surface area contributed by atoms with Gasteiger partial charge >= 0.3 is 0 Å². The molecule has 0 radical (unpaired) electrons. The van der Waals surface area contributed by atoms with Gasteiger partial charge in [-0.15, -0.1) is 0 Å². The van der Waals surface area contributed by atoms with Gasteiger partial charge in [0.05, 0.1) is 72.7 Å². The number of benzene rings is 2. The van der Waals surface area contributed by atoms with Crippen LogP contribution >= 0.6 is 0 Å². The van der Waals surface area contributed by atoms with Gasteiger partial charge in [0.2, 0.25) is 0 Å². The first-order valence-electron chi connectivity index (χ1n) is 18.9. The Morgan fingerprint density at radius 2 is 1.02 bits per heavy atom. The van der Waals surface area contributed by atoms with Crippen LogP contribution in [0.4, 0.5) is 0 Å². The van der Waals surface area contributed by atoms with Crippen molar-refractivity contribution in [3.63, 3.8) is 0 Å². The molecule has 9 nitrogen and oxygen atoms in total. The molecule has 0 saturated carbocycles. The van der Waals surface area contributed by atoms with E-state index >= 15 is 0 Å². The second kappa shape index (κ2) is 25.9. The molecule has 9 heteroatoms. The molecule has 49 heavy (non-hydrogen) atoms. The highest BCUT2D eigenvalue weighted by Crippen LogP contribution is 2.31. The zero-order chi connectivity index (χ0) is 34.0. The molecule has 0 spiro atoms. The lowest BCUT2D eigenvalue weighted by molar-refractivity contribution is -0.327. The van der Waals surface area contributed by atoms with Crippen LogP contribution in [-0.4, -0.2) is 96.8 Å². The van der Waals surface area contributed by atoms with E-state index in [-0.39, 0.29) is 0 Å². The minimum Gasteiger partial charge on any atom is -0.377 e. The average Bonchev–Trinajstić information content (AvgIpc) is 3.13. The maximum absolute atomic E-state index is 6.73. The van der Waals surface area contributed by atoms with Crippen LogP contribution in [0.3, 0.4) is 0 Å². The highest BCUT2D eigenvalue weighted by Gasteiger charge is 2.49. The molecule has 2 heterocycles. The molecule has 5 atom stereocenters. The van der Waals surface area contributed by atoms with E-state index < -0.39 is 30.7 Å². The molecule has 2 aliphatic heterocycles. The van der Waals surface area contributed by atoms with Gasteiger partial charge in [-0.3, -0.25) is 0 Å². The van der Waals surface area contributed by atoms with Crippen molar-refractivity contribution in [3.8, 4) is 0 Å². The Morgan fingerprint density at radius 1 is 0.531 bits per heavy atom.